The summed E-state index contributed by atoms with van der Waals surface area (Å²) in [6.45, 7) is 1.51. The van der Waals surface area contributed by atoms with Gasteiger partial charge < -0.3 is 10.8 Å². The molecule has 0 fully saturated rings. The maximum atomic E-state index is 9.71. The quantitative estimate of drug-likeness (QED) is 0.746. The van der Waals surface area contributed by atoms with E-state index in [1.165, 1.54) is 6.92 Å². The predicted octanol–water partition coefficient (Wildman–Crippen LogP) is 1.49. The van der Waals surface area contributed by atoms with Crippen LogP contribution in [0.15, 0.2) is 30.2 Å². The number of benzene rings is 1. The average molecular weight is 193 g/mol. The molecule has 0 aliphatic rings. The number of nitrogens with two attached hydrogens (primary N) is 1. The largest absolute Gasteiger partial charge is 0.387 e. The lowest BCUT2D eigenvalue weighted by atomic mass is 10.0. The van der Waals surface area contributed by atoms with Gasteiger partial charge in [-0.2, -0.15) is 0 Å². The highest BCUT2D eigenvalue weighted by Crippen LogP contribution is 2.13. The second kappa shape index (κ2) is 5.14. The molecule has 0 bridgehead atoms. The Morgan fingerprint density at radius 2 is 1.92 bits per heavy atom. The van der Waals surface area contributed by atoms with E-state index in [-0.39, 0.29) is 18.0 Å². The molecular formula is C9H14ClNO. The fraction of sp³-hybridized carbons (Fsp3) is 0.333. The second-order valence-corrected chi connectivity index (χ2v) is 2.34. The highest BCUT2D eigenvalue weighted by molar-refractivity contribution is 5.85. The third-order valence-electron chi connectivity index (χ3n) is 1.31. The number of hydrogen-bond donors (Lipinski definition) is 2. The summed E-state index contributed by atoms with van der Waals surface area (Å²) in [4.78, 5) is 0. The number of aliphatic hydroxyl groups is 1. The minimum atomic E-state index is -1.27. The van der Waals surface area contributed by atoms with E-state index in [9.17, 15) is 5.11 Å². The van der Waals surface area contributed by atoms with Crippen LogP contribution in [0.4, 0.5) is 0 Å². The van der Waals surface area contributed by atoms with Crippen LogP contribution in [0.1, 0.15) is 25.4 Å². The van der Waals surface area contributed by atoms with E-state index in [0.29, 0.717) is 0 Å². The number of rotatable bonds is 2. The molecule has 1 aromatic carbocycles. The topological polar surface area (TPSA) is 46.2 Å². The fourth-order valence-corrected chi connectivity index (χ4v) is 0.670. The van der Waals surface area contributed by atoms with Crippen molar-refractivity contribution in [2.45, 2.75) is 19.1 Å². The van der Waals surface area contributed by atoms with Gasteiger partial charge in [0.1, 0.15) is 0 Å². The van der Waals surface area contributed by atoms with Gasteiger partial charge in [-0.05, 0) is 12.5 Å². The Labute approximate surface area is 85.8 Å². The first-order valence-electron chi connectivity index (χ1n) is 5.79. The molecule has 0 aromatic heterocycles. The van der Waals surface area contributed by atoms with Gasteiger partial charge in [0.2, 0.25) is 0 Å². The summed E-state index contributed by atoms with van der Waals surface area (Å²) in [5.74, 6) is 0. The standard InChI is InChI=1S/C9H13NO.ClH/c1-7(10)9(11)8-5-3-2-4-6-8;/h2-7,9,11H,10H2,1H3;1H/t7-,9-;/m0./s1/i2D,3D,4D,5D,6D;. The van der Waals surface area contributed by atoms with Crippen molar-refractivity contribution < 1.29 is 12.0 Å². The van der Waals surface area contributed by atoms with Crippen LogP contribution in [0.5, 0.6) is 0 Å². The van der Waals surface area contributed by atoms with E-state index in [0.717, 1.165) is 0 Å². The zero-order chi connectivity index (χ0) is 12.6. The van der Waals surface area contributed by atoms with E-state index in [1.54, 1.807) is 0 Å². The van der Waals surface area contributed by atoms with Crippen molar-refractivity contribution in [3.8, 4) is 0 Å². The molecule has 0 heterocycles. The van der Waals surface area contributed by atoms with Crippen LogP contribution < -0.4 is 5.73 Å². The van der Waals surface area contributed by atoms with Crippen molar-refractivity contribution in [3.63, 3.8) is 0 Å². The molecule has 12 heavy (non-hydrogen) atoms. The first-order chi connectivity index (χ1) is 7.29. The van der Waals surface area contributed by atoms with E-state index in [2.05, 4.69) is 0 Å². The first kappa shape index (κ1) is 5.22. The lowest BCUT2D eigenvalue weighted by Gasteiger charge is -2.13. The molecule has 0 aliphatic heterocycles. The maximum Gasteiger partial charge on any atom is 0.0938 e. The number of aliphatic hydroxyl groups excluding tert-OH is 1. The Kier molecular flexibility index (Phi) is 2.24. The molecule has 2 nitrogen and oxygen atoms in total. The van der Waals surface area contributed by atoms with Gasteiger partial charge in [0.05, 0.1) is 13.0 Å². The third kappa shape index (κ3) is 2.81. The Balaban J connectivity index is 0.00000256. The zero-order valence-electron chi connectivity index (χ0n) is 11.6. The molecule has 0 aliphatic carbocycles. The SMILES string of the molecule is Cl.[2H]c1c([2H])c([2H])c([C@@H](O)[C@H](C)N)c([2H])c1[2H]. The molecule has 2 atom stereocenters. The zero-order valence-corrected chi connectivity index (χ0v) is 7.40. The van der Waals surface area contributed by atoms with Crippen LogP contribution >= 0.6 is 12.4 Å². The summed E-state index contributed by atoms with van der Waals surface area (Å²) < 4.78 is 37.3. The van der Waals surface area contributed by atoms with E-state index in [4.69, 9.17) is 12.6 Å². The molecule has 3 N–H and O–H groups in total. The molecule has 0 unspecified atom stereocenters. The van der Waals surface area contributed by atoms with Crippen LogP contribution in [-0.2, 0) is 0 Å². The van der Waals surface area contributed by atoms with Crippen LogP contribution in [0.25, 0.3) is 0 Å². The van der Waals surface area contributed by atoms with Gasteiger partial charge in [0.25, 0.3) is 0 Å². The second-order valence-electron chi connectivity index (χ2n) is 2.34. The van der Waals surface area contributed by atoms with Gasteiger partial charge in [0.15, 0.2) is 0 Å². The van der Waals surface area contributed by atoms with E-state index in [1.807, 2.05) is 0 Å². The highest BCUT2D eigenvalue weighted by Gasteiger charge is 2.10. The van der Waals surface area contributed by atoms with Gasteiger partial charge in [-0.3, -0.25) is 0 Å². The maximum absolute atomic E-state index is 9.71. The summed E-state index contributed by atoms with van der Waals surface area (Å²) in [5.41, 5.74) is 5.31. The lowest BCUT2D eigenvalue weighted by molar-refractivity contribution is 0.153. The van der Waals surface area contributed by atoms with Crippen molar-refractivity contribution in [2.75, 3.05) is 0 Å². The fourth-order valence-electron chi connectivity index (χ4n) is 0.670. The highest BCUT2D eigenvalue weighted by atomic mass is 35.5. The predicted molar refractivity (Wildman–Crippen MR) is 52.3 cm³/mol. The molecule has 68 valence electrons. The van der Waals surface area contributed by atoms with Gasteiger partial charge in [-0.1, -0.05) is 30.2 Å². The van der Waals surface area contributed by atoms with Crippen LogP contribution in [-0.4, -0.2) is 11.1 Å². The smallest absolute Gasteiger partial charge is 0.0938 e. The Bertz CT molecular complexity index is 397. The number of halogens is 1. The van der Waals surface area contributed by atoms with Crippen molar-refractivity contribution >= 4 is 12.4 Å². The van der Waals surface area contributed by atoms with Crippen molar-refractivity contribution in [2.24, 2.45) is 5.73 Å². The van der Waals surface area contributed by atoms with Gasteiger partial charge >= 0.3 is 0 Å². The van der Waals surface area contributed by atoms with Crippen LogP contribution in [0.2, 0.25) is 0 Å². The summed E-state index contributed by atoms with van der Waals surface area (Å²) in [6.07, 6.45) is -1.27. The first-order valence-corrected chi connectivity index (χ1v) is 3.29. The summed E-state index contributed by atoms with van der Waals surface area (Å²) in [5, 5.41) is 9.71. The Morgan fingerprint density at radius 3 is 2.33 bits per heavy atom. The summed E-state index contributed by atoms with van der Waals surface area (Å²) in [6, 6.07) is -2.92. The minimum absolute atomic E-state index is 0. The van der Waals surface area contributed by atoms with Gasteiger partial charge in [0, 0.05) is 6.04 Å². The van der Waals surface area contributed by atoms with E-state index < -0.39 is 42.4 Å². The van der Waals surface area contributed by atoms with E-state index >= 15 is 0 Å². The normalized spacial score (nSPS) is 20.4. The molecule has 0 spiro atoms. The average Bonchev–Trinajstić information content (AvgIpc) is 2.23. The molecule has 0 saturated carbocycles. The molecule has 1 aromatic rings. The van der Waals surface area contributed by atoms with Crippen molar-refractivity contribution in [3.05, 3.63) is 35.8 Å². The van der Waals surface area contributed by atoms with Gasteiger partial charge in [-0.15, -0.1) is 12.4 Å². The summed E-state index contributed by atoms with van der Waals surface area (Å²) >= 11 is 0. The molecule has 1 rings (SSSR count). The molecule has 0 radical (unpaired) electrons. The number of hydrogen-bond acceptors (Lipinski definition) is 2. The molecule has 0 amide bonds. The lowest BCUT2D eigenvalue weighted by Crippen LogP contribution is -2.24. The van der Waals surface area contributed by atoms with Crippen LogP contribution in [0, 0.1) is 0 Å². The molecule has 3 heteroatoms. The Morgan fingerprint density at radius 1 is 1.42 bits per heavy atom. The van der Waals surface area contributed by atoms with Crippen LogP contribution in [0.3, 0.4) is 0 Å². The molecular weight excluding hydrogens is 174 g/mol. The molecule has 0 saturated heterocycles. The van der Waals surface area contributed by atoms with Crippen molar-refractivity contribution in [1.82, 2.24) is 0 Å². The summed E-state index contributed by atoms with van der Waals surface area (Å²) in [7, 11) is 0. The third-order valence-corrected chi connectivity index (χ3v) is 1.31. The minimum Gasteiger partial charge on any atom is -0.387 e. The van der Waals surface area contributed by atoms with Gasteiger partial charge in [-0.25, -0.2) is 0 Å². The van der Waals surface area contributed by atoms with Crippen molar-refractivity contribution in [1.29, 1.82) is 0 Å². The monoisotopic (exact) mass is 192 g/mol. The Hall–Kier alpha value is -0.570.